The molecule has 5 nitrogen and oxygen atoms in total. The van der Waals surface area contributed by atoms with Crippen molar-refractivity contribution in [3.8, 4) is 23.0 Å². The highest BCUT2D eigenvalue weighted by Crippen LogP contribution is 2.29. The van der Waals surface area contributed by atoms with Crippen LogP contribution in [-0.4, -0.2) is 28.2 Å². The molecule has 0 heterocycles. The second-order valence-corrected chi connectivity index (χ2v) is 10.0. The number of rotatable bonds is 14. The van der Waals surface area contributed by atoms with Crippen molar-refractivity contribution in [3.63, 3.8) is 0 Å². The van der Waals surface area contributed by atoms with Gasteiger partial charge in [-0.15, -0.1) is 0 Å². The molecule has 0 spiro atoms. The molecule has 0 saturated heterocycles. The van der Waals surface area contributed by atoms with Gasteiger partial charge in [0.2, 0.25) is 0 Å². The number of aromatic hydroxyl groups is 3. The van der Waals surface area contributed by atoms with Crippen molar-refractivity contribution in [2.24, 2.45) is 5.92 Å². The number of hydrogen-bond acceptors (Lipinski definition) is 5. The first-order chi connectivity index (χ1) is 18.1. The summed E-state index contributed by atoms with van der Waals surface area (Å²) in [7, 11) is 1.50. The van der Waals surface area contributed by atoms with E-state index in [2.05, 4.69) is 45.9 Å². The fourth-order valence-electron chi connectivity index (χ4n) is 4.11. The normalized spacial score (nSPS) is 13.0. The quantitative estimate of drug-likeness (QED) is 0.172. The Morgan fingerprint density at radius 1 is 0.842 bits per heavy atom. The molecule has 0 aliphatic heterocycles. The summed E-state index contributed by atoms with van der Waals surface area (Å²) < 4.78 is 5.17. The molecule has 0 saturated carbocycles. The van der Waals surface area contributed by atoms with Gasteiger partial charge in [0.25, 0.3) is 0 Å². The van der Waals surface area contributed by atoms with Crippen LogP contribution >= 0.6 is 0 Å². The van der Waals surface area contributed by atoms with Gasteiger partial charge in [-0.3, -0.25) is 4.79 Å². The third-order valence-electron chi connectivity index (χ3n) is 6.43. The van der Waals surface area contributed by atoms with Crippen LogP contribution < -0.4 is 4.74 Å². The van der Waals surface area contributed by atoms with Crippen molar-refractivity contribution in [3.05, 3.63) is 88.5 Å². The van der Waals surface area contributed by atoms with Crippen LogP contribution in [0.2, 0.25) is 0 Å². The van der Waals surface area contributed by atoms with Crippen molar-refractivity contribution in [1.29, 1.82) is 0 Å². The molecule has 1 unspecified atom stereocenters. The Balaban J connectivity index is 2.11. The van der Waals surface area contributed by atoms with E-state index in [-0.39, 0.29) is 34.5 Å². The van der Waals surface area contributed by atoms with E-state index in [0.29, 0.717) is 18.6 Å². The minimum Gasteiger partial charge on any atom is -0.508 e. The number of ketones is 1. The van der Waals surface area contributed by atoms with E-state index in [0.717, 1.165) is 31.2 Å². The molecule has 5 heteroatoms. The van der Waals surface area contributed by atoms with Gasteiger partial charge in [-0.1, -0.05) is 53.2 Å². The molecule has 1 atom stereocenters. The highest BCUT2D eigenvalue weighted by atomic mass is 16.5. The zero-order valence-electron chi connectivity index (χ0n) is 23.3. The first kappa shape index (κ1) is 30.5. The SMILES string of the molecule is COc1cc(C=CCC(CC=C(C)CCC=C(C)CCC=C(C)C)C(=O)c2ccc(O)cc2O)ccc1O. The molecule has 204 valence electrons. The monoisotopic (exact) mass is 518 g/mol. The van der Waals surface area contributed by atoms with Gasteiger partial charge in [0, 0.05) is 12.0 Å². The maximum atomic E-state index is 13.4. The van der Waals surface area contributed by atoms with Crippen LogP contribution in [0.15, 0.2) is 77.4 Å². The number of phenolic OH excluding ortho intramolecular Hbond substituents is 3. The van der Waals surface area contributed by atoms with Crippen LogP contribution in [0.3, 0.4) is 0 Å². The summed E-state index contributed by atoms with van der Waals surface area (Å²) >= 11 is 0. The standard InChI is InChI=1S/C33H42O5/c1-23(2)9-6-10-24(3)11-7-12-25(4)15-17-27(33(37)29-19-18-28(34)22-31(29)36)14-8-13-26-16-20-30(35)32(21-26)38-5/h8-9,11,13,15-16,18-22,27,34-36H,6-7,10,12,14,17H2,1-5H3. The van der Waals surface area contributed by atoms with Gasteiger partial charge in [-0.2, -0.15) is 0 Å². The molecule has 38 heavy (non-hydrogen) atoms. The second-order valence-electron chi connectivity index (χ2n) is 10.0. The minimum absolute atomic E-state index is 0.0686. The topological polar surface area (TPSA) is 87.0 Å². The van der Waals surface area contributed by atoms with Gasteiger partial charge in [0.15, 0.2) is 17.3 Å². The number of allylic oxidation sites excluding steroid dienone is 7. The second kappa shape index (κ2) is 15.5. The van der Waals surface area contributed by atoms with Crippen LogP contribution in [0, 0.1) is 5.92 Å². The molecular formula is C33H42O5. The molecule has 0 bridgehead atoms. The molecule has 0 radical (unpaired) electrons. The van der Waals surface area contributed by atoms with Gasteiger partial charge < -0.3 is 20.1 Å². The predicted octanol–water partition coefficient (Wildman–Crippen LogP) is 8.52. The van der Waals surface area contributed by atoms with Crippen molar-refractivity contribution in [2.75, 3.05) is 7.11 Å². The molecule has 0 aliphatic carbocycles. The summed E-state index contributed by atoms with van der Waals surface area (Å²) in [6.45, 7) is 8.50. The van der Waals surface area contributed by atoms with Crippen molar-refractivity contribution in [1.82, 2.24) is 0 Å². The molecule has 2 rings (SSSR count). The number of ether oxygens (including phenoxy) is 1. The Labute approximate surface area is 227 Å². The molecule has 0 fully saturated rings. The number of phenols is 3. The van der Waals surface area contributed by atoms with Gasteiger partial charge in [-0.25, -0.2) is 0 Å². The number of Topliss-reactive ketones (excluding diaryl/α,β-unsaturated/α-hetero) is 1. The number of carbonyl (C=O) groups excluding carboxylic acids is 1. The number of benzene rings is 2. The first-order valence-electron chi connectivity index (χ1n) is 13.1. The maximum absolute atomic E-state index is 13.4. The van der Waals surface area contributed by atoms with E-state index in [1.54, 1.807) is 18.2 Å². The maximum Gasteiger partial charge on any atom is 0.170 e. The van der Waals surface area contributed by atoms with Gasteiger partial charge in [-0.05, 0) is 96.0 Å². The summed E-state index contributed by atoms with van der Waals surface area (Å²) in [5.41, 5.74) is 5.00. The Morgan fingerprint density at radius 2 is 1.53 bits per heavy atom. The van der Waals surface area contributed by atoms with E-state index in [4.69, 9.17) is 4.74 Å². The molecule has 3 N–H and O–H groups in total. The number of methoxy groups -OCH3 is 1. The zero-order valence-corrected chi connectivity index (χ0v) is 23.3. The largest absolute Gasteiger partial charge is 0.508 e. The van der Waals surface area contributed by atoms with Crippen molar-refractivity contribution >= 4 is 11.9 Å². The smallest absolute Gasteiger partial charge is 0.170 e. The lowest BCUT2D eigenvalue weighted by Gasteiger charge is -2.14. The van der Waals surface area contributed by atoms with Crippen LogP contribution in [0.1, 0.15) is 82.1 Å². The van der Waals surface area contributed by atoms with Gasteiger partial charge >= 0.3 is 0 Å². The fraction of sp³-hybridized carbons (Fsp3) is 0.364. The van der Waals surface area contributed by atoms with Crippen LogP contribution in [0.5, 0.6) is 23.0 Å². The van der Waals surface area contributed by atoms with Crippen LogP contribution in [0.25, 0.3) is 6.08 Å². The number of hydrogen-bond donors (Lipinski definition) is 3. The molecule has 0 amide bonds. The van der Waals surface area contributed by atoms with Crippen molar-refractivity contribution in [2.45, 2.75) is 66.2 Å². The van der Waals surface area contributed by atoms with Crippen molar-refractivity contribution < 1.29 is 24.9 Å². The summed E-state index contributed by atoms with van der Waals surface area (Å²) in [5, 5.41) is 29.7. The van der Waals surface area contributed by atoms with Crippen LogP contribution in [0.4, 0.5) is 0 Å². The fourth-order valence-corrected chi connectivity index (χ4v) is 4.11. The van der Waals surface area contributed by atoms with E-state index >= 15 is 0 Å². The highest BCUT2D eigenvalue weighted by Gasteiger charge is 2.21. The molecule has 0 aliphatic rings. The predicted molar refractivity (Wildman–Crippen MR) is 156 cm³/mol. The summed E-state index contributed by atoms with van der Waals surface area (Å²) in [5.74, 6) is -0.405. The molecule has 2 aromatic carbocycles. The summed E-state index contributed by atoms with van der Waals surface area (Å²) in [6, 6.07) is 9.14. The molecular weight excluding hydrogens is 476 g/mol. The highest BCUT2D eigenvalue weighted by molar-refractivity contribution is 6.00. The Hall–Kier alpha value is -3.73. The third-order valence-corrected chi connectivity index (χ3v) is 6.43. The van der Waals surface area contributed by atoms with E-state index in [1.807, 2.05) is 12.2 Å². The average molecular weight is 519 g/mol. The average Bonchev–Trinajstić information content (AvgIpc) is 2.86. The summed E-state index contributed by atoms with van der Waals surface area (Å²) in [6.07, 6.45) is 15.5. The minimum atomic E-state index is -0.378. The Kier molecular flexibility index (Phi) is 12.4. The number of carbonyl (C=O) groups is 1. The first-order valence-corrected chi connectivity index (χ1v) is 13.1. The lowest BCUT2D eigenvalue weighted by Crippen LogP contribution is -2.14. The molecule has 0 aromatic heterocycles. The summed E-state index contributed by atoms with van der Waals surface area (Å²) in [4.78, 5) is 13.4. The van der Waals surface area contributed by atoms with E-state index in [1.165, 1.54) is 42.0 Å². The molecule has 2 aromatic rings. The lowest BCUT2D eigenvalue weighted by atomic mass is 9.89. The zero-order chi connectivity index (χ0) is 28.1. The van der Waals surface area contributed by atoms with Gasteiger partial charge in [0.1, 0.15) is 11.5 Å². The van der Waals surface area contributed by atoms with Crippen LogP contribution in [-0.2, 0) is 0 Å². The Bertz CT molecular complexity index is 1200. The van der Waals surface area contributed by atoms with Gasteiger partial charge in [0.05, 0.1) is 12.7 Å². The lowest BCUT2D eigenvalue weighted by molar-refractivity contribution is 0.0919. The van der Waals surface area contributed by atoms with E-state index in [9.17, 15) is 20.1 Å². The Morgan fingerprint density at radius 3 is 2.18 bits per heavy atom. The van der Waals surface area contributed by atoms with E-state index < -0.39 is 0 Å². The third kappa shape index (κ3) is 10.3.